The number of ketones is 1. The van der Waals surface area contributed by atoms with Crippen molar-refractivity contribution in [2.45, 2.75) is 32.4 Å². The minimum atomic E-state index is 0.0365. The molecule has 1 aliphatic heterocycles. The van der Waals surface area contributed by atoms with E-state index in [1.807, 2.05) is 17.5 Å². The number of Topliss-reactive ketones (excluding diaryl/α,β-unsaturated/α-hetero) is 1. The quantitative estimate of drug-likeness (QED) is 0.821. The van der Waals surface area contributed by atoms with Crippen molar-refractivity contribution >= 4 is 23.0 Å². The molecule has 0 spiro atoms. The Morgan fingerprint density at radius 2 is 2.04 bits per heavy atom. The van der Waals surface area contributed by atoms with Crippen LogP contribution in [0.2, 0.25) is 0 Å². The van der Waals surface area contributed by atoms with E-state index >= 15 is 0 Å². The molecule has 0 aliphatic carbocycles. The molecule has 1 fully saturated rings. The molecule has 1 aliphatic rings. The van der Waals surface area contributed by atoms with Gasteiger partial charge in [0.2, 0.25) is 5.91 Å². The van der Waals surface area contributed by atoms with E-state index < -0.39 is 0 Å². The molecule has 2 aromatic rings. The fourth-order valence-electron chi connectivity index (χ4n) is 3.05. The van der Waals surface area contributed by atoms with Gasteiger partial charge in [0, 0.05) is 25.7 Å². The lowest BCUT2D eigenvalue weighted by molar-refractivity contribution is -0.121. The molecule has 3 rings (SSSR count). The third-order valence-electron chi connectivity index (χ3n) is 4.25. The monoisotopic (exact) mass is 342 g/mol. The summed E-state index contributed by atoms with van der Waals surface area (Å²) in [5.74, 6) is 0.0912. The Bertz CT molecular complexity index is 711. The first-order chi connectivity index (χ1) is 11.6. The second-order valence-electron chi connectivity index (χ2n) is 6.33. The lowest BCUT2D eigenvalue weighted by atomic mass is 10.2. The Morgan fingerprint density at radius 3 is 2.75 bits per heavy atom. The van der Waals surface area contributed by atoms with Gasteiger partial charge in [0.1, 0.15) is 0 Å². The van der Waals surface area contributed by atoms with Gasteiger partial charge in [0.05, 0.1) is 11.3 Å². The molecular formula is C19H22N2O2S. The van der Waals surface area contributed by atoms with Crippen molar-refractivity contribution in [2.24, 2.45) is 0 Å². The molecule has 4 nitrogen and oxygen atoms in total. The molecule has 0 radical (unpaired) electrons. The number of likely N-dealkylation sites (tertiary alicyclic amines) is 1. The number of carbonyl (C=O) groups excluding carboxylic acids is 2. The maximum Gasteiger partial charge on any atom is 0.224 e. The second kappa shape index (κ2) is 7.73. The summed E-state index contributed by atoms with van der Waals surface area (Å²) in [6.07, 6.45) is 1.33. The van der Waals surface area contributed by atoms with E-state index in [4.69, 9.17) is 0 Å². The summed E-state index contributed by atoms with van der Waals surface area (Å²) < 4.78 is 0. The van der Waals surface area contributed by atoms with Crippen molar-refractivity contribution in [3.63, 3.8) is 0 Å². The zero-order valence-corrected chi connectivity index (χ0v) is 14.6. The van der Waals surface area contributed by atoms with Crippen LogP contribution in [-0.2, 0) is 17.8 Å². The molecule has 0 bridgehead atoms. The van der Waals surface area contributed by atoms with Crippen LogP contribution in [0.5, 0.6) is 0 Å². The van der Waals surface area contributed by atoms with Crippen molar-refractivity contribution in [1.82, 2.24) is 10.2 Å². The summed E-state index contributed by atoms with van der Waals surface area (Å²) in [5, 5.41) is 5.02. The number of nitrogens with zero attached hydrogens (tertiary/aromatic N) is 1. The zero-order chi connectivity index (χ0) is 16.9. The van der Waals surface area contributed by atoms with Crippen LogP contribution in [0, 0.1) is 0 Å². The van der Waals surface area contributed by atoms with Gasteiger partial charge >= 0.3 is 0 Å². The van der Waals surface area contributed by atoms with E-state index in [1.54, 1.807) is 6.92 Å². The average molecular weight is 342 g/mol. The van der Waals surface area contributed by atoms with Crippen LogP contribution in [-0.4, -0.2) is 35.7 Å². The maximum atomic E-state index is 12.2. The van der Waals surface area contributed by atoms with Crippen molar-refractivity contribution < 1.29 is 9.59 Å². The third kappa shape index (κ3) is 4.52. The normalized spacial score (nSPS) is 17.8. The summed E-state index contributed by atoms with van der Waals surface area (Å²) in [6, 6.07) is 12.4. The van der Waals surface area contributed by atoms with E-state index in [0.29, 0.717) is 11.3 Å². The number of carbonyl (C=O) groups is 2. The van der Waals surface area contributed by atoms with Gasteiger partial charge in [0.15, 0.2) is 5.78 Å². The molecule has 5 heteroatoms. The highest BCUT2D eigenvalue weighted by molar-refractivity contribution is 7.12. The van der Waals surface area contributed by atoms with E-state index in [2.05, 4.69) is 34.5 Å². The first-order valence-corrected chi connectivity index (χ1v) is 9.12. The highest BCUT2D eigenvalue weighted by Crippen LogP contribution is 2.17. The van der Waals surface area contributed by atoms with Crippen LogP contribution in [0.1, 0.15) is 34.1 Å². The Hall–Kier alpha value is -1.98. The molecule has 1 amide bonds. The summed E-state index contributed by atoms with van der Waals surface area (Å²) >= 11 is 1.41. The van der Waals surface area contributed by atoms with Gasteiger partial charge in [-0.25, -0.2) is 0 Å². The average Bonchev–Trinajstić information content (AvgIpc) is 3.18. The molecule has 2 heterocycles. The number of thiophene rings is 1. The van der Waals surface area contributed by atoms with E-state index in [1.165, 1.54) is 16.9 Å². The van der Waals surface area contributed by atoms with Gasteiger partial charge in [-0.05, 0) is 35.9 Å². The largest absolute Gasteiger partial charge is 0.352 e. The first-order valence-electron chi connectivity index (χ1n) is 8.24. The van der Waals surface area contributed by atoms with Crippen molar-refractivity contribution in [1.29, 1.82) is 0 Å². The Morgan fingerprint density at radius 1 is 1.25 bits per heavy atom. The number of amides is 1. The van der Waals surface area contributed by atoms with Crippen LogP contribution >= 0.6 is 11.3 Å². The van der Waals surface area contributed by atoms with Crippen LogP contribution in [0.15, 0.2) is 41.8 Å². The predicted molar refractivity (Wildman–Crippen MR) is 96.3 cm³/mol. The van der Waals surface area contributed by atoms with E-state index in [-0.39, 0.29) is 17.7 Å². The van der Waals surface area contributed by atoms with Crippen LogP contribution < -0.4 is 5.32 Å². The predicted octanol–water partition coefficient (Wildman–Crippen LogP) is 2.88. The minimum Gasteiger partial charge on any atom is -0.352 e. The molecule has 1 N–H and O–H groups in total. The van der Waals surface area contributed by atoms with Crippen molar-refractivity contribution in [2.75, 3.05) is 13.1 Å². The van der Waals surface area contributed by atoms with Gasteiger partial charge in [-0.3, -0.25) is 14.5 Å². The molecule has 0 unspecified atom stereocenters. The van der Waals surface area contributed by atoms with Gasteiger partial charge in [-0.15, -0.1) is 11.3 Å². The number of benzene rings is 1. The van der Waals surface area contributed by atoms with Gasteiger partial charge < -0.3 is 5.32 Å². The lowest BCUT2D eigenvalue weighted by Gasteiger charge is -2.16. The van der Waals surface area contributed by atoms with Crippen LogP contribution in [0.4, 0.5) is 0 Å². The fraction of sp³-hybridized carbons (Fsp3) is 0.368. The molecular weight excluding hydrogens is 320 g/mol. The van der Waals surface area contributed by atoms with Crippen molar-refractivity contribution in [3.8, 4) is 0 Å². The van der Waals surface area contributed by atoms with E-state index in [0.717, 1.165) is 31.6 Å². The number of hydrogen-bond donors (Lipinski definition) is 1. The van der Waals surface area contributed by atoms with Gasteiger partial charge in [-0.1, -0.05) is 30.3 Å². The number of rotatable bonds is 6. The maximum absolute atomic E-state index is 12.2. The molecule has 24 heavy (non-hydrogen) atoms. The molecule has 1 aromatic carbocycles. The van der Waals surface area contributed by atoms with E-state index in [9.17, 15) is 9.59 Å². The summed E-state index contributed by atoms with van der Waals surface area (Å²) in [7, 11) is 0. The first kappa shape index (κ1) is 16.9. The summed E-state index contributed by atoms with van der Waals surface area (Å²) in [4.78, 5) is 26.6. The lowest BCUT2D eigenvalue weighted by Crippen LogP contribution is -2.37. The van der Waals surface area contributed by atoms with Crippen LogP contribution in [0.3, 0.4) is 0 Å². The topological polar surface area (TPSA) is 49.4 Å². The molecule has 126 valence electrons. The fourth-order valence-corrected chi connectivity index (χ4v) is 3.87. The standard InChI is InChI=1S/C19H22N2O2S/c1-14(22)18-9-16(13-24-18)10-19(23)20-17-7-8-21(12-17)11-15-5-3-2-4-6-15/h2-6,9,13,17H,7-8,10-12H2,1H3,(H,20,23)/t17-/m0/s1. The second-order valence-corrected chi connectivity index (χ2v) is 7.24. The zero-order valence-electron chi connectivity index (χ0n) is 13.8. The Kier molecular flexibility index (Phi) is 5.43. The SMILES string of the molecule is CC(=O)c1cc(CC(=O)N[C@H]2CCN(Cc3ccccc3)C2)cs1. The van der Waals surface area contributed by atoms with Gasteiger partial charge in [-0.2, -0.15) is 0 Å². The third-order valence-corrected chi connectivity index (χ3v) is 5.33. The Balaban J connectivity index is 1.46. The number of hydrogen-bond acceptors (Lipinski definition) is 4. The number of nitrogens with one attached hydrogen (secondary N) is 1. The molecule has 1 saturated heterocycles. The van der Waals surface area contributed by atoms with Gasteiger partial charge in [0.25, 0.3) is 0 Å². The van der Waals surface area contributed by atoms with Crippen molar-refractivity contribution in [3.05, 3.63) is 57.8 Å². The minimum absolute atomic E-state index is 0.0365. The molecule has 1 atom stereocenters. The highest BCUT2D eigenvalue weighted by Gasteiger charge is 2.23. The highest BCUT2D eigenvalue weighted by atomic mass is 32.1. The Labute approximate surface area is 146 Å². The van der Waals surface area contributed by atoms with Crippen LogP contribution in [0.25, 0.3) is 0 Å². The molecule has 0 saturated carbocycles. The summed E-state index contributed by atoms with van der Waals surface area (Å²) in [6.45, 7) is 4.38. The smallest absolute Gasteiger partial charge is 0.224 e. The molecule has 1 aromatic heterocycles. The summed E-state index contributed by atoms with van der Waals surface area (Å²) in [5.41, 5.74) is 2.22.